The second-order valence-corrected chi connectivity index (χ2v) is 4.44. The Morgan fingerprint density at radius 2 is 1.75 bits per heavy atom. The van der Waals surface area contributed by atoms with Crippen LogP contribution in [-0.4, -0.2) is 11.2 Å². The van der Waals surface area contributed by atoms with Gasteiger partial charge < -0.3 is 5.11 Å². The van der Waals surface area contributed by atoms with Gasteiger partial charge in [0.15, 0.2) is 0 Å². The minimum Gasteiger partial charge on any atom is -0.393 e. The molecule has 0 saturated carbocycles. The van der Waals surface area contributed by atoms with E-state index in [2.05, 4.69) is 27.7 Å². The standard InChI is InChI=1S/C11H24O/c1-6-7-8-11(5,9(2)3)10(4)12/h9-10,12H,6-8H2,1-5H3/t10?,11-/m0/s1. The summed E-state index contributed by atoms with van der Waals surface area (Å²) in [6.07, 6.45) is 3.39. The summed E-state index contributed by atoms with van der Waals surface area (Å²) in [4.78, 5) is 0. The molecule has 0 aromatic heterocycles. The second kappa shape index (κ2) is 4.86. The molecule has 12 heavy (non-hydrogen) atoms. The van der Waals surface area contributed by atoms with Gasteiger partial charge in [-0.2, -0.15) is 0 Å². The third-order valence-electron chi connectivity index (χ3n) is 3.34. The van der Waals surface area contributed by atoms with Gasteiger partial charge in [-0.3, -0.25) is 0 Å². The van der Waals surface area contributed by atoms with Crippen LogP contribution in [0, 0.1) is 11.3 Å². The summed E-state index contributed by atoms with van der Waals surface area (Å²) >= 11 is 0. The molecule has 1 nitrogen and oxygen atoms in total. The van der Waals surface area contributed by atoms with E-state index in [1.807, 2.05) is 6.92 Å². The van der Waals surface area contributed by atoms with Gasteiger partial charge in [-0.05, 0) is 24.7 Å². The lowest BCUT2D eigenvalue weighted by Crippen LogP contribution is -2.35. The van der Waals surface area contributed by atoms with E-state index in [0.717, 1.165) is 6.42 Å². The number of unbranched alkanes of at least 4 members (excludes halogenated alkanes) is 1. The normalized spacial score (nSPS) is 19.2. The molecule has 0 amide bonds. The molecule has 0 aliphatic rings. The van der Waals surface area contributed by atoms with Crippen molar-refractivity contribution in [3.8, 4) is 0 Å². The Kier molecular flexibility index (Phi) is 4.84. The monoisotopic (exact) mass is 172 g/mol. The molecule has 0 aliphatic carbocycles. The van der Waals surface area contributed by atoms with Crippen LogP contribution in [0.1, 0.15) is 53.9 Å². The van der Waals surface area contributed by atoms with Crippen molar-refractivity contribution in [2.75, 3.05) is 0 Å². The van der Waals surface area contributed by atoms with E-state index in [1.165, 1.54) is 12.8 Å². The Labute approximate surface area is 77.2 Å². The molecule has 0 rings (SSSR count). The number of hydrogen-bond donors (Lipinski definition) is 1. The van der Waals surface area contributed by atoms with Gasteiger partial charge in [-0.25, -0.2) is 0 Å². The molecule has 1 N–H and O–H groups in total. The van der Waals surface area contributed by atoms with Crippen LogP contribution in [0.5, 0.6) is 0 Å². The number of aliphatic hydroxyl groups excluding tert-OH is 1. The van der Waals surface area contributed by atoms with Crippen molar-refractivity contribution in [1.29, 1.82) is 0 Å². The van der Waals surface area contributed by atoms with Crippen LogP contribution in [0.4, 0.5) is 0 Å². The highest BCUT2D eigenvalue weighted by Crippen LogP contribution is 2.36. The fraction of sp³-hybridized carbons (Fsp3) is 1.00. The van der Waals surface area contributed by atoms with Crippen molar-refractivity contribution in [3.63, 3.8) is 0 Å². The van der Waals surface area contributed by atoms with Crippen molar-refractivity contribution >= 4 is 0 Å². The molecule has 0 bridgehead atoms. The maximum absolute atomic E-state index is 9.67. The van der Waals surface area contributed by atoms with Crippen LogP contribution >= 0.6 is 0 Å². The Hall–Kier alpha value is -0.0400. The van der Waals surface area contributed by atoms with Crippen molar-refractivity contribution in [1.82, 2.24) is 0 Å². The molecule has 1 unspecified atom stereocenters. The minimum atomic E-state index is -0.191. The van der Waals surface area contributed by atoms with Gasteiger partial charge in [-0.15, -0.1) is 0 Å². The van der Waals surface area contributed by atoms with E-state index in [-0.39, 0.29) is 11.5 Å². The summed E-state index contributed by atoms with van der Waals surface area (Å²) in [6, 6.07) is 0. The van der Waals surface area contributed by atoms with Crippen molar-refractivity contribution in [2.24, 2.45) is 11.3 Å². The number of rotatable bonds is 5. The molecule has 0 aliphatic heterocycles. The Morgan fingerprint density at radius 1 is 1.25 bits per heavy atom. The summed E-state index contributed by atoms with van der Waals surface area (Å²) in [5.74, 6) is 0.559. The largest absolute Gasteiger partial charge is 0.393 e. The quantitative estimate of drug-likeness (QED) is 0.675. The highest BCUT2D eigenvalue weighted by Gasteiger charge is 2.32. The van der Waals surface area contributed by atoms with E-state index < -0.39 is 0 Å². The highest BCUT2D eigenvalue weighted by molar-refractivity contribution is 4.82. The Bertz CT molecular complexity index is 108. The van der Waals surface area contributed by atoms with Crippen molar-refractivity contribution in [3.05, 3.63) is 0 Å². The van der Waals surface area contributed by atoms with Crippen molar-refractivity contribution in [2.45, 2.75) is 60.0 Å². The number of hydrogen-bond acceptors (Lipinski definition) is 1. The third-order valence-corrected chi connectivity index (χ3v) is 3.34. The summed E-state index contributed by atoms with van der Waals surface area (Å²) in [5.41, 5.74) is 0.107. The zero-order valence-electron chi connectivity index (χ0n) is 9.22. The maximum Gasteiger partial charge on any atom is 0.0568 e. The molecule has 0 spiro atoms. The zero-order valence-corrected chi connectivity index (χ0v) is 9.22. The summed E-state index contributed by atoms with van der Waals surface area (Å²) < 4.78 is 0. The van der Waals surface area contributed by atoms with Gasteiger partial charge in [0.2, 0.25) is 0 Å². The molecular formula is C11H24O. The van der Waals surface area contributed by atoms with Gasteiger partial charge in [0, 0.05) is 0 Å². The Morgan fingerprint density at radius 3 is 2.00 bits per heavy atom. The summed E-state index contributed by atoms with van der Waals surface area (Å²) in [6.45, 7) is 10.7. The zero-order chi connectivity index (χ0) is 9.78. The predicted molar refractivity (Wildman–Crippen MR) is 54.2 cm³/mol. The van der Waals surface area contributed by atoms with Gasteiger partial charge in [0.05, 0.1) is 6.10 Å². The van der Waals surface area contributed by atoms with Crippen LogP contribution in [-0.2, 0) is 0 Å². The minimum absolute atomic E-state index is 0.107. The number of aliphatic hydroxyl groups is 1. The van der Waals surface area contributed by atoms with Crippen LogP contribution in [0.2, 0.25) is 0 Å². The lowest BCUT2D eigenvalue weighted by Gasteiger charge is -2.36. The van der Waals surface area contributed by atoms with Crippen LogP contribution in [0.3, 0.4) is 0 Å². The lowest BCUT2D eigenvalue weighted by atomic mass is 9.71. The molecule has 74 valence electrons. The average molecular weight is 172 g/mol. The SMILES string of the molecule is CCCC[C@@](C)(C(C)C)C(C)O. The fourth-order valence-electron chi connectivity index (χ4n) is 1.54. The topological polar surface area (TPSA) is 20.2 Å². The fourth-order valence-corrected chi connectivity index (χ4v) is 1.54. The summed E-state index contributed by atoms with van der Waals surface area (Å²) in [7, 11) is 0. The molecule has 0 aromatic carbocycles. The molecule has 0 saturated heterocycles. The molecule has 0 aromatic rings. The van der Waals surface area contributed by atoms with E-state index in [1.54, 1.807) is 0 Å². The van der Waals surface area contributed by atoms with Crippen LogP contribution < -0.4 is 0 Å². The van der Waals surface area contributed by atoms with Crippen LogP contribution in [0.25, 0.3) is 0 Å². The first-order chi connectivity index (χ1) is 5.45. The third kappa shape index (κ3) is 2.78. The van der Waals surface area contributed by atoms with E-state index in [9.17, 15) is 5.11 Å². The molecule has 1 heteroatoms. The van der Waals surface area contributed by atoms with Crippen LogP contribution in [0.15, 0.2) is 0 Å². The van der Waals surface area contributed by atoms with Gasteiger partial charge in [0.1, 0.15) is 0 Å². The second-order valence-electron chi connectivity index (χ2n) is 4.44. The van der Waals surface area contributed by atoms with E-state index >= 15 is 0 Å². The first kappa shape index (κ1) is 12.0. The smallest absolute Gasteiger partial charge is 0.0568 e. The van der Waals surface area contributed by atoms with Gasteiger partial charge in [0.25, 0.3) is 0 Å². The molecule has 0 fully saturated rings. The molecule has 0 heterocycles. The van der Waals surface area contributed by atoms with Crippen molar-refractivity contribution < 1.29 is 5.11 Å². The predicted octanol–water partition coefficient (Wildman–Crippen LogP) is 3.22. The maximum atomic E-state index is 9.67. The lowest BCUT2D eigenvalue weighted by molar-refractivity contribution is 0.00818. The first-order valence-electron chi connectivity index (χ1n) is 5.13. The first-order valence-corrected chi connectivity index (χ1v) is 5.13. The highest BCUT2D eigenvalue weighted by atomic mass is 16.3. The Balaban J connectivity index is 4.19. The molecular weight excluding hydrogens is 148 g/mol. The van der Waals surface area contributed by atoms with Gasteiger partial charge >= 0.3 is 0 Å². The molecule has 2 atom stereocenters. The van der Waals surface area contributed by atoms with Gasteiger partial charge in [-0.1, -0.05) is 40.5 Å². The summed E-state index contributed by atoms with van der Waals surface area (Å²) in [5, 5.41) is 9.67. The molecule has 0 radical (unpaired) electrons. The average Bonchev–Trinajstić information content (AvgIpc) is 1.99. The van der Waals surface area contributed by atoms with E-state index in [0.29, 0.717) is 5.92 Å². The van der Waals surface area contributed by atoms with E-state index in [4.69, 9.17) is 0 Å².